The number of aromatic nitrogens is 6. The average Bonchev–Trinajstić information content (AvgIpc) is 3.52. The number of hydrogen-bond acceptors (Lipinski definition) is 8. The molecular formula is C25H24FN7O2. The molecule has 1 aliphatic carbocycles. The zero-order chi connectivity index (χ0) is 23.9. The zero-order valence-electron chi connectivity index (χ0n) is 19.5. The maximum atomic E-state index is 13.5. The van der Waals surface area contributed by atoms with Gasteiger partial charge in [0.1, 0.15) is 24.3 Å². The smallest absolute Gasteiger partial charge is 0.231 e. The number of aryl methyl sites for hydroxylation is 1. The summed E-state index contributed by atoms with van der Waals surface area (Å²) in [6, 6.07) is 7.71. The van der Waals surface area contributed by atoms with Gasteiger partial charge < -0.3 is 19.4 Å². The summed E-state index contributed by atoms with van der Waals surface area (Å²) in [6.07, 6.45) is 5.06. The summed E-state index contributed by atoms with van der Waals surface area (Å²) in [4.78, 5) is 22.4. The van der Waals surface area contributed by atoms with Gasteiger partial charge in [-0.25, -0.2) is 19.9 Å². The van der Waals surface area contributed by atoms with Gasteiger partial charge in [0.25, 0.3) is 0 Å². The number of imidazole rings is 1. The number of nitrogens with zero attached hydrogens (tertiary/aromatic N) is 6. The quantitative estimate of drug-likeness (QED) is 0.435. The zero-order valence-corrected chi connectivity index (χ0v) is 19.5. The average molecular weight is 474 g/mol. The van der Waals surface area contributed by atoms with Crippen molar-refractivity contribution in [2.75, 3.05) is 7.11 Å². The molecule has 4 aromatic rings. The van der Waals surface area contributed by atoms with Crippen LogP contribution in [0.15, 0.2) is 36.8 Å². The Morgan fingerprint density at radius 2 is 1.89 bits per heavy atom. The van der Waals surface area contributed by atoms with Crippen LogP contribution in [0.1, 0.15) is 41.3 Å². The van der Waals surface area contributed by atoms with E-state index in [4.69, 9.17) is 19.4 Å². The molecule has 1 aromatic carbocycles. The summed E-state index contributed by atoms with van der Waals surface area (Å²) < 4.78 is 26.9. The van der Waals surface area contributed by atoms with Gasteiger partial charge in [0.2, 0.25) is 17.7 Å². The van der Waals surface area contributed by atoms with Gasteiger partial charge in [0, 0.05) is 31.6 Å². The topological polar surface area (TPSA) is 99.9 Å². The molecule has 6 rings (SSSR count). The van der Waals surface area contributed by atoms with Gasteiger partial charge in [-0.05, 0) is 18.4 Å². The van der Waals surface area contributed by atoms with Crippen LogP contribution >= 0.6 is 0 Å². The molecule has 0 unspecified atom stereocenters. The van der Waals surface area contributed by atoms with Crippen molar-refractivity contribution >= 4 is 0 Å². The third-order valence-electron chi connectivity index (χ3n) is 6.31. The highest BCUT2D eigenvalue weighted by molar-refractivity contribution is 5.67. The highest BCUT2D eigenvalue weighted by atomic mass is 19.1. The lowest BCUT2D eigenvalue weighted by molar-refractivity contribution is 0.290. The van der Waals surface area contributed by atoms with Gasteiger partial charge in [0.05, 0.1) is 30.3 Å². The molecule has 0 bridgehead atoms. The van der Waals surface area contributed by atoms with Gasteiger partial charge in [-0.2, -0.15) is 9.37 Å². The number of fused-ring (bicyclic) bond motifs is 1. The van der Waals surface area contributed by atoms with E-state index in [1.807, 2.05) is 24.3 Å². The Morgan fingerprint density at radius 3 is 2.60 bits per heavy atom. The highest BCUT2D eigenvalue weighted by Gasteiger charge is 2.32. The summed E-state index contributed by atoms with van der Waals surface area (Å²) in [5.74, 6) is 1.99. The molecular weight excluding hydrogens is 449 g/mol. The van der Waals surface area contributed by atoms with Crippen LogP contribution in [0.25, 0.3) is 22.8 Å². The minimum absolute atomic E-state index is 0.329. The largest absolute Gasteiger partial charge is 0.480 e. The van der Waals surface area contributed by atoms with E-state index in [2.05, 4.69) is 20.3 Å². The van der Waals surface area contributed by atoms with Gasteiger partial charge in [-0.15, -0.1) is 0 Å². The second-order valence-electron chi connectivity index (χ2n) is 8.78. The fourth-order valence-corrected chi connectivity index (χ4v) is 4.38. The summed E-state index contributed by atoms with van der Waals surface area (Å²) in [6.45, 7) is 1.62. The number of benzene rings is 1. The van der Waals surface area contributed by atoms with Crippen molar-refractivity contribution in [2.24, 2.45) is 7.05 Å². The van der Waals surface area contributed by atoms with Gasteiger partial charge in [-0.3, -0.25) is 0 Å². The molecule has 1 N–H and O–H groups in total. The number of hydrogen-bond donors (Lipinski definition) is 1. The molecule has 0 spiro atoms. The summed E-state index contributed by atoms with van der Waals surface area (Å²) >= 11 is 0. The number of halogens is 1. The van der Waals surface area contributed by atoms with Crippen LogP contribution < -0.4 is 14.8 Å². The Balaban J connectivity index is 1.30. The summed E-state index contributed by atoms with van der Waals surface area (Å²) in [5, 5.41) is 3.33. The predicted octanol–water partition coefficient (Wildman–Crippen LogP) is 3.54. The molecule has 0 amide bonds. The molecule has 2 aliphatic rings. The van der Waals surface area contributed by atoms with E-state index in [9.17, 15) is 4.39 Å². The Hall–Kier alpha value is -3.92. The van der Waals surface area contributed by atoms with Crippen LogP contribution in [-0.4, -0.2) is 36.6 Å². The van der Waals surface area contributed by atoms with Gasteiger partial charge >= 0.3 is 0 Å². The lowest BCUT2D eigenvalue weighted by atomic mass is 10.1. The molecule has 10 heteroatoms. The van der Waals surface area contributed by atoms with Crippen molar-refractivity contribution in [2.45, 2.75) is 38.5 Å². The third-order valence-corrected chi connectivity index (χ3v) is 6.31. The Bertz CT molecular complexity index is 1400. The first-order chi connectivity index (χ1) is 17.1. The van der Waals surface area contributed by atoms with Crippen molar-refractivity contribution in [1.29, 1.82) is 0 Å². The number of ether oxygens (including phenoxy) is 2. The molecule has 0 radical (unpaired) electrons. The van der Waals surface area contributed by atoms with Crippen LogP contribution in [0.3, 0.4) is 0 Å². The lowest BCUT2D eigenvalue weighted by Gasteiger charge is -2.14. The number of rotatable bonds is 7. The molecule has 0 atom stereocenters. The van der Waals surface area contributed by atoms with E-state index >= 15 is 0 Å². The second-order valence-corrected chi connectivity index (χ2v) is 8.78. The molecule has 1 saturated carbocycles. The van der Waals surface area contributed by atoms with Crippen LogP contribution in [0.2, 0.25) is 0 Å². The van der Waals surface area contributed by atoms with Crippen LogP contribution in [0.5, 0.6) is 11.8 Å². The standard InChI is InChI=1S/C25H24FN7O2/c1-33-11-19(26)31-23(33)16-5-3-14(4-6-16)12-35-24-17-9-27-10-18(17)30-22(32-24)20-21(15-7-8-15)28-13-29-25(20)34-2/h3-6,11,13,15,27H,7-10,12H2,1-2H3. The molecule has 3 aromatic heterocycles. The van der Waals surface area contributed by atoms with Crippen molar-refractivity contribution in [3.63, 3.8) is 0 Å². The maximum absolute atomic E-state index is 13.5. The van der Waals surface area contributed by atoms with E-state index in [1.165, 1.54) is 12.5 Å². The van der Waals surface area contributed by atoms with Crippen LogP contribution in [0, 0.1) is 5.95 Å². The first kappa shape index (κ1) is 21.6. The van der Waals surface area contributed by atoms with Crippen molar-refractivity contribution < 1.29 is 13.9 Å². The van der Waals surface area contributed by atoms with Gasteiger partial charge in [0.15, 0.2) is 5.82 Å². The van der Waals surface area contributed by atoms with Crippen molar-refractivity contribution in [3.05, 3.63) is 65.3 Å². The molecule has 9 nitrogen and oxygen atoms in total. The second kappa shape index (κ2) is 8.70. The van der Waals surface area contributed by atoms with E-state index in [0.29, 0.717) is 49.0 Å². The molecule has 1 aliphatic heterocycles. The molecule has 35 heavy (non-hydrogen) atoms. The predicted molar refractivity (Wildman–Crippen MR) is 125 cm³/mol. The Labute approximate surface area is 201 Å². The minimum atomic E-state index is -0.498. The maximum Gasteiger partial charge on any atom is 0.231 e. The number of nitrogens with one attached hydrogen (secondary N) is 1. The van der Waals surface area contributed by atoms with E-state index < -0.39 is 5.95 Å². The van der Waals surface area contributed by atoms with E-state index in [0.717, 1.165) is 46.5 Å². The first-order valence-corrected chi connectivity index (χ1v) is 11.5. The number of methoxy groups -OCH3 is 1. The lowest BCUT2D eigenvalue weighted by Crippen LogP contribution is -2.07. The van der Waals surface area contributed by atoms with E-state index in [-0.39, 0.29) is 0 Å². The summed E-state index contributed by atoms with van der Waals surface area (Å²) in [5.41, 5.74) is 5.32. The van der Waals surface area contributed by atoms with E-state index in [1.54, 1.807) is 18.7 Å². The monoisotopic (exact) mass is 473 g/mol. The molecule has 4 heterocycles. The highest BCUT2D eigenvalue weighted by Crippen LogP contribution is 2.45. The third kappa shape index (κ3) is 4.10. The molecule has 1 fully saturated rings. The van der Waals surface area contributed by atoms with Crippen molar-refractivity contribution in [3.8, 4) is 34.5 Å². The Morgan fingerprint density at radius 1 is 1.06 bits per heavy atom. The Kier molecular flexibility index (Phi) is 5.37. The fourth-order valence-electron chi connectivity index (χ4n) is 4.38. The summed E-state index contributed by atoms with van der Waals surface area (Å²) in [7, 11) is 3.36. The van der Waals surface area contributed by atoms with Crippen LogP contribution in [0.4, 0.5) is 4.39 Å². The van der Waals surface area contributed by atoms with Crippen molar-refractivity contribution in [1.82, 2.24) is 34.8 Å². The molecule has 0 saturated heterocycles. The van der Waals surface area contributed by atoms with Crippen LogP contribution in [-0.2, 0) is 26.7 Å². The molecule has 178 valence electrons. The minimum Gasteiger partial charge on any atom is -0.480 e. The SMILES string of the molecule is COc1ncnc(C2CC2)c1-c1nc2c(c(OCc3ccc(-c4nc(F)cn4C)cc3)n1)CNC2. The first-order valence-electron chi connectivity index (χ1n) is 11.5. The normalized spacial score (nSPS) is 14.7. The fraction of sp³-hybridized carbons (Fsp3) is 0.320. The van der Waals surface area contributed by atoms with Gasteiger partial charge in [-0.1, -0.05) is 24.3 Å².